The highest BCUT2D eigenvalue weighted by Crippen LogP contribution is 2.28. The zero-order valence-corrected chi connectivity index (χ0v) is 10.5. The van der Waals surface area contributed by atoms with Crippen LogP contribution in [0.1, 0.15) is 17.3 Å². The molecule has 5 heteroatoms. The van der Waals surface area contributed by atoms with E-state index in [1.54, 1.807) is 13.0 Å². The highest BCUT2D eigenvalue weighted by molar-refractivity contribution is 9.13. The first-order valence-corrected chi connectivity index (χ1v) is 5.47. The predicted molar refractivity (Wildman–Crippen MR) is 57.8 cm³/mol. The first kappa shape index (κ1) is 11.7. The van der Waals surface area contributed by atoms with Gasteiger partial charge in [-0.2, -0.15) is 0 Å². The quantitative estimate of drug-likeness (QED) is 0.614. The summed E-state index contributed by atoms with van der Waals surface area (Å²) in [5.41, 5.74) is -0.0677. The van der Waals surface area contributed by atoms with Crippen molar-refractivity contribution in [2.75, 3.05) is 6.61 Å². The lowest BCUT2D eigenvalue weighted by atomic mass is 10.2. The van der Waals surface area contributed by atoms with Gasteiger partial charge in [-0.1, -0.05) is 0 Å². The van der Waals surface area contributed by atoms with Crippen LogP contribution in [-0.4, -0.2) is 12.6 Å². The van der Waals surface area contributed by atoms with Gasteiger partial charge >= 0.3 is 5.97 Å². The number of halogens is 3. The van der Waals surface area contributed by atoms with Gasteiger partial charge in [0.05, 0.1) is 16.6 Å². The van der Waals surface area contributed by atoms with Crippen LogP contribution < -0.4 is 0 Å². The molecular weight excluding hydrogens is 319 g/mol. The number of hydrogen-bond donors (Lipinski definition) is 0. The second-order valence-electron chi connectivity index (χ2n) is 2.44. The first-order valence-electron chi connectivity index (χ1n) is 3.88. The van der Waals surface area contributed by atoms with E-state index in [1.807, 2.05) is 0 Å². The van der Waals surface area contributed by atoms with Gasteiger partial charge < -0.3 is 4.74 Å². The van der Waals surface area contributed by atoms with Crippen LogP contribution in [0.2, 0.25) is 0 Å². The van der Waals surface area contributed by atoms with E-state index >= 15 is 0 Å². The summed E-state index contributed by atoms with van der Waals surface area (Å²) in [6.07, 6.45) is 0. The molecule has 76 valence electrons. The number of hydrogen-bond acceptors (Lipinski definition) is 2. The zero-order chi connectivity index (χ0) is 10.7. The molecule has 0 atom stereocenters. The Hall–Kier alpha value is -0.420. The molecule has 0 aromatic heterocycles. The molecule has 0 heterocycles. The molecule has 1 aromatic carbocycles. The smallest absolute Gasteiger partial charge is 0.341 e. The highest BCUT2D eigenvalue weighted by atomic mass is 79.9. The topological polar surface area (TPSA) is 26.3 Å². The van der Waals surface area contributed by atoms with Gasteiger partial charge in [0.2, 0.25) is 0 Å². The number of carbonyl (C=O) groups excluding carboxylic acids is 1. The van der Waals surface area contributed by atoms with E-state index < -0.39 is 11.8 Å². The molecule has 0 saturated carbocycles. The minimum absolute atomic E-state index is 0.0677. The van der Waals surface area contributed by atoms with Gasteiger partial charge in [0.25, 0.3) is 0 Å². The lowest BCUT2D eigenvalue weighted by Gasteiger charge is -2.05. The minimum atomic E-state index is -0.654. The Bertz CT molecular complexity index is 366. The van der Waals surface area contributed by atoms with Crippen molar-refractivity contribution < 1.29 is 13.9 Å². The van der Waals surface area contributed by atoms with E-state index in [-0.39, 0.29) is 16.6 Å². The SMILES string of the molecule is CCOC(=O)c1ccc(Br)c(Br)c1F. The van der Waals surface area contributed by atoms with Gasteiger partial charge in [0.15, 0.2) is 5.82 Å². The Kier molecular flexibility index (Phi) is 4.07. The number of esters is 1. The summed E-state index contributed by atoms with van der Waals surface area (Å²) in [7, 11) is 0. The third kappa shape index (κ3) is 2.33. The number of rotatable bonds is 2. The molecular formula is C9H7Br2FO2. The third-order valence-corrected chi connectivity index (χ3v) is 3.50. The van der Waals surface area contributed by atoms with Gasteiger partial charge in [-0.15, -0.1) is 0 Å². The largest absolute Gasteiger partial charge is 0.462 e. The Labute approximate surface area is 97.7 Å². The molecule has 0 aliphatic carbocycles. The molecule has 0 fully saturated rings. The highest BCUT2D eigenvalue weighted by Gasteiger charge is 2.16. The van der Waals surface area contributed by atoms with Gasteiger partial charge in [-0.3, -0.25) is 0 Å². The van der Waals surface area contributed by atoms with Gasteiger partial charge in [0.1, 0.15) is 0 Å². The monoisotopic (exact) mass is 324 g/mol. The van der Waals surface area contributed by atoms with Crippen molar-refractivity contribution in [1.82, 2.24) is 0 Å². The second kappa shape index (κ2) is 4.89. The van der Waals surface area contributed by atoms with Crippen molar-refractivity contribution in [3.8, 4) is 0 Å². The van der Waals surface area contributed by atoms with Crippen molar-refractivity contribution >= 4 is 37.8 Å². The molecule has 0 saturated heterocycles. The van der Waals surface area contributed by atoms with Gasteiger partial charge in [-0.25, -0.2) is 9.18 Å². The molecule has 1 rings (SSSR count). The summed E-state index contributed by atoms with van der Waals surface area (Å²) in [6.45, 7) is 1.90. The maximum atomic E-state index is 13.5. The maximum Gasteiger partial charge on any atom is 0.341 e. The summed E-state index contributed by atoms with van der Waals surface area (Å²) >= 11 is 6.15. The zero-order valence-electron chi connectivity index (χ0n) is 7.31. The fourth-order valence-corrected chi connectivity index (χ4v) is 1.54. The lowest BCUT2D eigenvalue weighted by molar-refractivity contribution is 0.0521. The predicted octanol–water partition coefficient (Wildman–Crippen LogP) is 3.53. The summed E-state index contributed by atoms with van der Waals surface area (Å²) < 4.78 is 18.9. The van der Waals surface area contributed by atoms with E-state index in [2.05, 4.69) is 36.6 Å². The lowest BCUT2D eigenvalue weighted by Crippen LogP contribution is -2.07. The number of benzene rings is 1. The van der Waals surface area contributed by atoms with Crippen LogP contribution in [-0.2, 0) is 4.74 Å². The molecule has 0 aliphatic rings. The van der Waals surface area contributed by atoms with Crippen LogP contribution in [0.3, 0.4) is 0 Å². The Morgan fingerprint density at radius 1 is 1.50 bits per heavy atom. The summed E-state index contributed by atoms with van der Waals surface area (Å²) in [4.78, 5) is 11.2. The molecule has 1 aromatic rings. The van der Waals surface area contributed by atoms with Crippen molar-refractivity contribution in [3.05, 3.63) is 32.5 Å². The van der Waals surface area contributed by atoms with Crippen LogP contribution in [0.15, 0.2) is 21.1 Å². The van der Waals surface area contributed by atoms with E-state index in [4.69, 9.17) is 0 Å². The number of carbonyl (C=O) groups is 1. The van der Waals surface area contributed by atoms with E-state index in [9.17, 15) is 9.18 Å². The standard InChI is InChI=1S/C9H7Br2FO2/c1-2-14-9(13)5-3-4-6(10)7(11)8(5)12/h3-4H,2H2,1H3. The average molecular weight is 326 g/mol. The molecule has 2 nitrogen and oxygen atoms in total. The first-order chi connectivity index (χ1) is 6.57. The summed E-state index contributed by atoms with van der Waals surface area (Å²) in [5, 5.41) is 0. The fourth-order valence-electron chi connectivity index (χ4n) is 0.892. The molecule has 0 spiro atoms. The van der Waals surface area contributed by atoms with Crippen molar-refractivity contribution in [3.63, 3.8) is 0 Å². The molecule has 0 N–H and O–H groups in total. The Balaban J connectivity index is 3.11. The van der Waals surface area contributed by atoms with Crippen LogP contribution in [0.4, 0.5) is 4.39 Å². The van der Waals surface area contributed by atoms with E-state index in [0.717, 1.165) is 0 Å². The van der Waals surface area contributed by atoms with Crippen LogP contribution in [0.5, 0.6) is 0 Å². The Morgan fingerprint density at radius 2 is 2.14 bits per heavy atom. The van der Waals surface area contributed by atoms with Crippen LogP contribution >= 0.6 is 31.9 Å². The molecule has 0 aliphatic heterocycles. The van der Waals surface area contributed by atoms with Crippen molar-refractivity contribution in [2.24, 2.45) is 0 Å². The van der Waals surface area contributed by atoms with Crippen molar-refractivity contribution in [2.45, 2.75) is 6.92 Å². The third-order valence-electron chi connectivity index (χ3n) is 1.53. The van der Waals surface area contributed by atoms with Gasteiger partial charge in [0, 0.05) is 4.47 Å². The van der Waals surface area contributed by atoms with E-state index in [0.29, 0.717) is 4.47 Å². The molecule has 0 amide bonds. The molecule has 0 bridgehead atoms. The molecule has 0 radical (unpaired) electrons. The maximum absolute atomic E-state index is 13.5. The molecule has 0 unspecified atom stereocenters. The fraction of sp³-hybridized carbons (Fsp3) is 0.222. The number of ether oxygens (including phenoxy) is 1. The Morgan fingerprint density at radius 3 is 2.71 bits per heavy atom. The summed E-state index contributed by atoms with van der Waals surface area (Å²) in [6, 6.07) is 2.96. The summed E-state index contributed by atoms with van der Waals surface area (Å²) in [5.74, 6) is -1.27. The van der Waals surface area contributed by atoms with Crippen LogP contribution in [0, 0.1) is 5.82 Å². The average Bonchev–Trinajstić information content (AvgIpc) is 2.15. The normalized spacial score (nSPS) is 10.0. The van der Waals surface area contributed by atoms with Gasteiger partial charge in [-0.05, 0) is 50.9 Å². The minimum Gasteiger partial charge on any atom is -0.462 e. The second-order valence-corrected chi connectivity index (χ2v) is 4.09. The van der Waals surface area contributed by atoms with E-state index in [1.165, 1.54) is 6.07 Å². The van der Waals surface area contributed by atoms with Crippen LogP contribution in [0.25, 0.3) is 0 Å². The molecule has 14 heavy (non-hydrogen) atoms. The van der Waals surface area contributed by atoms with Crippen molar-refractivity contribution in [1.29, 1.82) is 0 Å².